The van der Waals surface area contributed by atoms with Crippen LogP contribution in [0.2, 0.25) is 0 Å². The van der Waals surface area contributed by atoms with Gasteiger partial charge >= 0.3 is 0 Å². The van der Waals surface area contributed by atoms with Crippen LogP contribution in [0.4, 0.5) is 0 Å². The summed E-state index contributed by atoms with van der Waals surface area (Å²) in [4.78, 5) is 21.5. The summed E-state index contributed by atoms with van der Waals surface area (Å²) in [6, 6.07) is 12.9. The molecule has 1 amide bonds. The second kappa shape index (κ2) is 7.20. The van der Waals surface area contributed by atoms with Crippen molar-refractivity contribution in [1.82, 2.24) is 14.8 Å². The number of likely N-dealkylation sites (tertiary alicyclic amines) is 1. The van der Waals surface area contributed by atoms with Gasteiger partial charge in [-0.25, -0.2) is 0 Å². The Balaban J connectivity index is 1.69. The molecule has 4 nitrogen and oxygen atoms in total. The van der Waals surface area contributed by atoms with Crippen molar-refractivity contribution in [2.75, 3.05) is 13.1 Å². The third-order valence-electron chi connectivity index (χ3n) is 6.00. The largest absolute Gasteiger partial charge is 0.337 e. The summed E-state index contributed by atoms with van der Waals surface area (Å²) < 4.78 is 0. The van der Waals surface area contributed by atoms with E-state index in [1.54, 1.807) is 0 Å². The molecule has 26 heavy (non-hydrogen) atoms. The van der Waals surface area contributed by atoms with Gasteiger partial charge in [0, 0.05) is 44.0 Å². The third kappa shape index (κ3) is 3.26. The minimum Gasteiger partial charge on any atom is -0.337 e. The highest BCUT2D eigenvalue weighted by Gasteiger charge is 2.44. The molecule has 0 saturated carbocycles. The molecule has 2 aliphatic heterocycles. The first-order chi connectivity index (χ1) is 12.7. The van der Waals surface area contributed by atoms with Crippen LogP contribution in [-0.4, -0.2) is 39.3 Å². The maximum absolute atomic E-state index is 12.6. The Morgan fingerprint density at radius 2 is 1.92 bits per heavy atom. The number of amides is 1. The molecule has 1 saturated heterocycles. The van der Waals surface area contributed by atoms with Gasteiger partial charge < -0.3 is 4.90 Å². The molecular formula is C22H27N3O. The normalized spacial score (nSPS) is 23.0. The smallest absolute Gasteiger partial charge is 0.222 e. The van der Waals surface area contributed by atoms with Gasteiger partial charge in [-0.05, 0) is 54.6 Å². The van der Waals surface area contributed by atoms with Crippen LogP contribution in [0.1, 0.15) is 42.9 Å². The molecule has 1 atom stereocenters. The van der Waals surface area contributed by atoms with Crippen LogP contribution in [0.15, 0.2) is 48.8 Å². The molecule has 4 heteroatoms. The number of carbonyl (C=O) groups excluding carboxylic acids is 1. The molecule has 1 spiro atoms. The maximum atomic E-state index is 12.6. The predicted molar refractivity (Wildman–Crippen MR) is 102 cm³/mol. The Bertz CT molecular complexity index is 776. The number of fused-ring (bicyclic) bond motifs is 1. The molecule has 0 N–H and O–H groups in total. The van der Waals surface area contributed by atoms with Crippen molar-refractivity contribution in [3.8, 4) is 0 Å². The van der Waals surface area contributed by atoms with Crippen molar-refractivity contribution >= 4 is 5.91 Å². The van der Waals surface area contributed by atoms with Gasteiger partial charge in [0.25, 0.3) is 0 Å². The molecule has 1 unspecified atom stereocenters. The van der Waals surface area contributed by atoms with E-state index in [4.69, 9.17) is 0 Å². The SMILES string of the molecule is CCC(=O)N1Cc2ccccc2CC2(CCCN2Cc2ccncc2)C1. The van der Waals surface area contributed by atoms with Crippen LogP contribution < -0.4 is 0 Å². The number of nitrogens with zero attached hydrogens (tertiary/aromatic N) is 3. The van der Waals surface area contributed by atoms with Gasteiger partial charge in [-0.1, -0.05) is 31.2 Å². The first-order valence-corrected chi connectivity index (χ1v) is 9.69. The standard InChI is InChI=1S/C22H27N3O/c1-2-21(26)24-16-20-7-4-3-6-19(20)14-22(17-24)10-5-13-25(22)15-18-8-11-23-12-9-18/h3-4,6-9,11-12H,2,5,10,13-17H2,1H3. The van der Waals surface area contributed by atoms with E-state index in [-0.39, 0.29) is 11.4 Å². The van der Waals surface area contributed by atoms with Gasteiger partial charge in [0.2, 0.25) is 5.91 Å². The van der Waals surface area contributed by atoms with Crippen LogP contribution in [0.3, 0.4) is 0 Å². The van der Waals surface area contributed by atoms with Crippen LogP contribution in [0.5, 0.6) is 0 Å². The Labute approximate surface area is 155 Å². The number of pyridine rings is 1. The molecule has 2 aromatic rings. The highest BCUT2D eigenvalue weighted by Crippen LogP contribution is 2.38. The van der Waals surface area contributed by atoms with Gasteiger partial charge in [0.1, 0.15) is 0 Å². The van der Waals surface area contributed by atoms with E-state index >= 15 is 0 Å². The summed E-state index contributed by atoms with van der Waals surface area (Å²) in [7, 11) is 0. The zero-order valence-corrected chi connectivity index (χ0v) is 15.5. The number of aromatic nitrogens is 1. The fourth-order valence-corrected chi connectivity index (χ4v) is 4.64. The molecule has 1 fully saturated rings. The summed E-state index contributed by atoms with van der Waals surface area (Å²) in [5, 5.41) is 0. The number of hydrogen-bond acceptors (Lipinski definition) is 3. The number of hydrogen-bond donors (Lipinski definition) is 0. The molecule has 1 aromatic heterocycles. The first kappa shape index (κ1) is 17.2. The summed E-state index contributed by atoms with van der Waals surface area (Å²) in [5.74, 6) is 0.261. The van der Waals surface area contributed by atoms with Gasteiger partial charge in [-0.2, -0.15) is 0 Å². The summed E-state index contributed by atoms with van der Waals surface area (Å²) in [6.45, 7) is 5.57. The van der Waals surface area contributed by atoms with E-state index in [9.17, 15) is 4.79 Å². The van der Waals surface area contributed by atoms with Crippen molar-refractivity contribution in [2.45, 2.75) is 51.2 Å². The minimum atomic E-state index is 0.0424. The Kier molecular flexibility index (Phi) is 4.77. The van der Waals surface area contributed by atoms with Crippen molar-refractivity contribution in [2.24, 2.45) is 0 Å². The quantitative estimate of drug-likeness (QED) is 0.852. The lowest BCUT2D eigenvalue weighted by Gasteiger charge is -2.41. The predicted octanol–water partition coefficient (Wildman–Crippen LogP) is 3.41. The van der Waals surface area contributed by atoms with Crippen molar-refractivity contribution in [3.63, 3.8) is 0 Å². The molecule has 2 aliphatic rings. The van der Waals surface area contributed by atoms with Crippen LogP contribution in [-0.2, 0) is 24.3 Å². The molecule has 136 valence electrons. The lowest BCUT2D eigenvalue weighted by Crippen LogP contribution is -2.53. The minimum absolute atomic E-state index is 0.0424. The summed E-state index contributed by atoms with van der Waals surface area (Å²) >= 11 is 0. The molecule has 0 aliphatic carbocycles. The summed E-state index contributed by atoms with van der Waals surface area (Å²) in [5.41, 5.74) is 4.05. The highest BCUT2D eigenvalue weighted by atomic mass is 16.2. The van der Waals surface area contributed by atoms with E-state index in [0.717, 1.165) is 39.0 Å². The van der Waals surface area contributed by atoms with Crippen molar-refractivity contribution in [1.29, 1.82) is 0 Å². The lowest BCUT2D eigenvalue weighted by atomic mass is 9.87. The third-order valence-corrected chi connectivity index (χ3v) is 6.00. The topological polar surface area (TPSA) is 36.4 Å². The lowest BCUT2D eigenvalue weighted by molar-refractivity contribution is -0.133. The van der Waals surface area contributed by atoms with Gasteiger partial charge in [-0.15, -0.1) is 0 Å². The molecule has 0 radical (unpaired) electrons. The average molecular weight is 349 g/mol. The zero-order chi connectivity index (χ0) is 18.0. The molecular weight excluding hydrogens is 322 g/mol. The molecule has 4 rings (SSSR count). The second-order valence-corrected chi connectivity index (χ2v) is 7.65. The fourth-order valence-electron chi connectivity index (χ4n) is 4.64. The summed E-state index contributed by atoms with van der Waals surface area (Å²) in [6.07, 6.45) is 7.69. The monoisotopic (exact) mass is 349 g/mol. The Morgan fingerprint density at radius 1 is 1.15 bits per heavy atom. The number of benzene rings is 1. The first-order valence-electron chi connectivity index (χ1n) is 9.69. The van der Waals surface area contributed by atoms with Crippen LogP contribution in [0, 0.1) is 0 Å². The van der Waals surface area contributed by atoms with E-state index in [2.05, 4.69) is 51.2 Å². The Morgan fingerprint density at radius 3 is 2.69 bits per heavy atom. The Hall–Kier alpha value is -2.20. The van der Waals surface area contributed by atoms with E-state index in [1.807, 2.05) is 19.3 Å². The number of carbonyl (C=O) groups is 1. The van der Waals surface area contributed by atoms with Crippen LogP contribution in [0.25, 0.3) is 0 Å². The van der Waals surface area contributed by atoms with E-state index in [0.29, 0.717) is 6.42 Å². The van der Waals surface area contributed by atoms with Gasteiger partial charge in [-0.3, -0.25) is 14.7 Å². The zero-order valence-electron chi connectivity index (χ0n) is 15.5. The number of rotatable bonds is 3. The van der Waals surface area contributed by atoms with E-state index in [1.165, 1.54) is 23.1 Å². The maximum Gasteiger partial charge on any atom is 0.222 e. The van der Waals surface area contributed by atoms with Crippen LogP contribution >= 0.6 is 0 Å². The van der Waals surface area contributed by atoms with Gasteiger partial charge in [0.15, 0.2) is 0 Å². The van der Waals surface area contributed by atoms with E-state index < -0.39 is 0 Å². The molecule has 3 heterocycles. The average Bonchev–Trinajstić information content (AvgIpc) is 2.95. The fraction of sp³-hybridized carbons (Fsp3) is 0.455. The van der Waals surface area contributed by atoms with Crippen molar-refractivity contribution in [3.05, 3.63) is 65.5 Å². The van der Waals surface area contributed by atoms with Gasteiger partial charge in [0.05, 0.1) is 0 Å². The molecule has 1 aromatic carbocycles. The highest BCUT2D eigenvalue weighted by molar-refractivity contribution is 5.76. The molecule has 0 bridgehead atoms. The second-order valence-electron chi connectivity index (χ2n) is 7.65. The van der Waals surface area contributed by atoms with Crippen molar-refractivity contribution < 1.29 is 4.79 Å².